The number of rotatable bonds is 3. The molecule has 22 heavy (non-hydrogen) atoms. The van der Waals surface area contributed by atoms with Crippen molar-refractivity contribution < 1.29 is 9.84 Å². The maximum absolute atomic E-state index is 10.2. The van der Waals surface area contributed by atoms with Gasteiger partial charge in [-0.05, 0) is 38.2 Å². The number of ether oxygens (including phenoxy) is 1. The second-order valence-electron chi connectivity index (χ2n) is 6.04. The van der Waals surface area contributed by atoms with Crippen molar-refractivity contribution in [1.82, 2.24) is 4.90 Å². The fourth-order valence-electron chi connectivity index (χ4n) is 2.85. The first-order valence-electron chi connectivity index (χ1n) is 7.47. The van der Waals surface area contributed by atoms with E-state index in [4.69, 9.17) is 4.74 Å². The molecule has 0 unspecified atom stereocenters. The number of fused-ring (bicyclic) bond motifs is 1. The van der Waals surface area contributed by atoms with Crippen LogP contribution in [0.1, 0.15) is 23.6 Å². The molecular formula is C19H21NO2. The number of hydrogen-bond acceptors (Lipinski definition) is 3. The van der Waals surface area contributed by atoms with Gasteiger partial charge in [-0.2, -0.15) is 0 Å². The van der Waals surface area contributed by atoms with E-state index in [9.17, 15) is 5.11 Å². The van der Waals surface area contributed by atoms with E-state index in [1.165, 1.54) is 5.57 Å². The van der Waals surface area contributed by atoms with Gasteiger partial charge in [0.05, 0.1) is 5.56 Å². The summed E-state index contributed by atoms with van der Waals surface area (Å²) in [7, 11) is 3.97. The summed E-state index contributed by atoms with van der Waals surface area (Å²) in [4.78, 5) is 2.03. The Kier molecular flexibility index (Phi) is 3.90. The van der Waals surface area contributed by atoms with Crippen LogP contribution >= 0.6 is 0 Å². The van der Waals surface area contributed by atoms with E-state index in [0.29, 0.717) is 12.3 Å². The van der Waals surface area contributed by atoms with Crippen molar-refractivity contribution in [2.45, 2.75) is 19.9 Å². The van der Waals surface area contributed by atoms with Gasteiger partial charge < -0.3 is 14.7 Å². The van der Waals surface area contributed by atoms with E-state index in [0.717, 1.165) is 34.6 Å². The average Bonchev–Trinajstić information content (AvgIpc) is 2.50. The van der Waals surface area contributed by atoms with Crippen LogP contribution in [0.2, 0.25) is 0 Å². The van der Waals surface area contributed by atoms with Crippen LogP contribution in [0.4, 0.5) is 0 Å². The molecular weight excluding hydrogens is 274 g/mol. The Labute approximate surface area is 131 Å². The van der Waals surface area contributed by atoms with E-state index in [1.807, 2.05) is 43.3 Å². The number of allylic oxidation sites excluding steroid dienone is 1. The monoisotopic (exact) mass is 295 g/mol. The first-order chi connectivity index (χ1) is 10.6. The lowest BCUT2D eigenvalue weighted by Crippen LogP contribution is -2.15. The highest BCUT2D eigenvalue weighted by atomic mass is 16.5. The zero-order chi connectivity index (χ0) is 15.7. The molecule has 3 rings (SSSR count). The summed E-state index contributed by atoms with van der Waals surface area (Å²) in [6, 6.07) is 13.8. The van der Waals surface area contributed by atoms with Crippen LogP contribution in [-0.2, 0) is 13.0 Å². The van der Waals surface area contributed by atoms with Gasteiger partial charge >= 0.3 is 0 Å². The number of phenols is 1. The Bertz CT molecular complexity index is 718. The summed E-state index contributed by atoms with van der Waals surface area (Å²) in [5, 5.41) is 10.2. The summed E-state index contributed by atoms with van der Waals surface area (Å²) in [5.74, 6) is 2.00. The van der Waals surface area contributed by atoms with Crippen LogP contribution in [0, 0.1) is 0 Å². The van der Waals surface area contributed by atoms with Crippen LogP contribution in [-0.4, -0.2) is 24.1 Å². The normalized spacial score (nSPS) is 14.0. The van der Waals surface area contributed by atoms with Crippen molar-refractivity contribution in [2.75, 3.05) is 14.1 Å². The predicted octanol–water partition coefficient (Wildman–Crippen LogP) is 3.82. The minimum Gasteiger partial charge on any atom is -0.507 e. The average molecular weight is 295 g/mol. The Morgan fingerprint density at radius 1 is 1.09 bits per heavy atom. The van der Waals surface area contributed by atoms with Gasteiger partial charge in [0, 0.05) is 18.5 Å². The van der Waals surface area contributed by atoms with Crippen molar-refractivity contribution in [3.8, 4) is 11.5 Å². The Hall–Kier alpha value is -2.26. The van der Waals surface area contributed by atoms with Gasteiger partial charge in [-0.25, -0.2) is 0 Å². The second kappa shape index (κ2) is 5.85. The fourth-order valence-corrected chi connectivity index (χ4v) is 2.85. The highest BCUT2D eigenvalue weighted by molar-refractivity contribution is 5.70. The molecule has 0 aromatic heterocycles. The molecule has 0 amide bonds. The predicted molar refractivity (Wildman–Crippen MR) is 88.9 cm³/mol. The van der Waals surface area contributed by atoms with E-state index >= 15 is 0 Å². The molecule has 1 aliphatic heterocycles. The topological polar surface area (TPSA) is 32.7 Å². The molecule has 2 aromatic carbocycles. The molecule has 0 fully saturated rings. The van der Waals surface area contributed by atoms with E-state index in [-0.39, 0.29) is 0 Å². The minimum atomic E-state index is 0.291. The van der Waals surface area contributed by atoms with Crippen LogP contribution in [0.15, 0.2) is 48.0 Å². The van der Waals surface area contributed by atoms with Crippen molar-refractivity contribution in [3.63, 3.8) is 0 Å². The maximum atomic E-state index is 10.2. The molecule has 1 N–H and O–H groups in total. The third-order valence-corrected chi connectivity index (χ3v) is 3.87. The highest BCUT2D eigenvalue weighted by Gasteiger charge is 2.23. The SMILES string of the molecule is CC1=C(c2ccccc2)Oc2c(ccc(O)c2CN(C)C)C1. The second-order valence-corrected chi connectivity index (χ2v) is 6.04. The van der Waals surface area contributed by atoms with Gasteiger partial charge in [0.15, 0.2) is 0 Å². The molecule has 0 atom stereocenters. The quantitative estimate of drug-likeness (QED) is 0.934. The van der Waals surface area contributed by atoms with Gasteiger partial charge in [0.25, 0.3) is 0 Å². The molecule has 0 aliphatic carbocycles. The fraction of sp³-hybridized carbons (Fsp3) is 0.263. The van der Waals surface area contributed by atoms with Crippen LogP contribution in [0.25, 0.3) is 5.76 Å². The number of hydrogen-bond donors (Lipinski definition) is 1. The van der Waals surface area contributed by atoms with Crippen molar-refractivity contribution >= 4 is 5.76 Å². The Morgan fingerprint density at radius 3 is 2.50 bits per heavy atom. The van der Waals surface area contributed by atoms with Gasteiger partial charge in [-0.15, -0.1) is 0 Å². The molecule has 0 saturated heterocycles. The van der Waals surface area contributed by atoms with Crippen molar-refractivity contribution in [2.24, 2.45) is 0 Å². The molecule has 0 saturated carbocycles. The van der Waals surface area contributed by atoms with Crippen LogP contribution in [0.5, 0.6) is 11.5 Å². The van der Waals surface area contributed by atoms with Gasteiger partial charge in [-0.1, -0.05) is 36.4 Å². The standard InChI is InChI=1S/C19H21NO2/c1-13-11-15-9-10-17(21)16(12-20(2)3)19(15)22-18(13)14-7-5-4-6-8-14/h4-10,21H,11-12H2,1-3H3. The minimum absolute atomic E-state index is 0.291. The van der Waals surface area contributed by atoms with E-state index in [1.54, 1.807) is 6.07 Å². The summed E-state index contributed by atoms with van der Waals surface area (Å²) < 4.78 is 6.24. The lowest BCUT2D eigenvalue weighted by atomic mass is 9.96. The number of phenolic OH excluding ortho intramolecular Hbond substituents is 1. The van der Waals surface area contributed by atoms with Gasteiger partial charge in [0.2, 0.25) is 0 Å². The number of aromatic hydroxyl groups is 1. The molecule has 0 spiro atoms. The molecule has 3 heteroatoms. The molecule has 0 radical (unpaired) electrons. The van der Waals surface area contributed by atoms with E-state index in [2.05, 4.69) is 19.1 Å². The Morgan fingerprint density at radius 2 is 1.82 bits per heavy atom. The van der Waals surface area contributed by atoms with Crippen LogP contribution < -0.4 is 4.74 Å². The number of benzene rings is 2. The molecule has 114 valence electrons. The Balaban J connectivity index is 2.05. The van der Waals surface area contributed by atoms with Crippen molar-refractivity contribution in [1.29, 1.82) is 0 Å². The lowest BCUT2D eigenvalue weighted by molar-refractivity contribution is 0.371. The number of nitrogens with zero attached hydrogens (tertiary/aromatic N) is 1. The molecule has 3 nitrogen and oxygen atoms in total. The molecule has 1 aliphatic rings. The molecule has 0 bridgehead atoms. The smallest absolute Gasteiger partial charge is 0.139 e. The third kappa shape index (κ3) is 2.72. The lowest BCUT2D eigenvalue weighted by Gasteiger charge is -2.26. The summed E-state index contributed by atoms with van der Waals surface area (Å²) in [5.41, 5.74) is 4.26. The van der Waals surface area contributed by atoms with Crippen LogP contribution in [0.3, 0.4) is 0 Å². The largest absolute Gasteiger partial charge is 0.507 e. The van der Waals surface area contributed by atoms with Gasteiger partial charge in [-0.3, -0.25) is 0 Å². The van der Waals surface area contributed by atoms with Gasteiger partial charge in [0.1, 0.15) is 17.3 Å². The third-order valence-electron chi connectivity index (χ3n) is 3.87. The first-order valence-corrected chi connectivity index (χ1v) is 7.47. The maximum Gasteiger partial charge on any atom is 0.139 e. The van der Waals surface area contributed by atoms with Crippen molar-refractivity contribution in [3.05, 3.63) is 64.7 Å². The zero-order valence-corrected chi connectivity index (χ0v) is 13.3. The summed E-state index contributed by atoms with van der Waals surface area (Å²) >= 11 is 0. The highest BCUT2D eigenvalue weighted by Crippen LogP contribution is 2.40. The molecule has 1 heterocycles. The molecule has 2 aromatic rings. The summed E-state index contributed by atoms with van der Waals surface area (Å²) in [6.45, 7) is 2.75. The summed E-state index contributed by atoms with van der Waals surface area (Å²) in [6.07, 6.45) is 0.847. The van der Waals surface area contributed by atoms with E-state index < -0.39 is 0 Å². The zero-order valence-electron chi connectivity index (χ0n) is 13.3. The first kappa shape index (κ1) is 14.7.